The number of alkyl halides is 3. The summed E-state index contributed by atoms with van der Waals surface area (Å²) in [7, 11) is 0. The van der Waals surface area contributed by atoms with E-state index < -0.39 is 17.6 Å². The van der Waals surface area contributed by atoms with E-state index in [1.54, 1.807) is 6.92 Å². The zero-order valence-corrected chi connectivity index (χ0v) is 12.8. The molecule has 7 heteroatoms. The van der Waals surface area contributed by atoms with Gasteiger partial charge in [-0.15, -0.1) is 0 Å². The minimum Gasteiger partial charge on any atom is -0.322 e. The van der Waals surface area contributed by atoms with Gasteiger partial charge in [-0.1, -0.05) is 24.3 Å². The molecule has 0 spiro atoms. The number of hydrazine groups is 1. The van der Waals surface area contributed by atoms with Crippen molar-refractivity contribution in [3.8, 4) is 0 Å². The largest absolute Gasteiger partial charge is 0.416 e. The van der Waals surface area contributed by atoms with Gasteiger partial charge < -0.3 is 16.2 Å². The number of carbonyl (C=O) groups is 1. The molecule has 3 N–H and O–H groups in total. The van der Waals surface area contributed by atoms with Crippen LogP contribution in [0.4, 0.5) is 24.5 Å². The van der Waals surface area contributed by atoms with E-state index in [2.05, 4.69) is 16.2 Å². The van der Waals surface area contributed by atoms with Crippen molar-refractivity contribution in [1.29, 1.82) is 0 Å². The molecule has 4 nitrogen and oxygen atoms in total. The summed E-state index contributed by atoms with van der Waals surface area (Å²) in [5, 5.41) is 2.40. The molecule has 126 valence electrons. The van der Waals surface area contributed by atoms with Gasteiger partial charge in [-0.3, -0.25) is 4.79 Å². The fourth-order valence-electron chi connectivity index (χ4n) is 1.88. The lowest BCUT2D eigenvalue weighted by molar-refractivity contribution is -0.137. The molecule has 2 aromatic rings. The minimum atomic E-state index is -4.45. The first-order chi connectivity index (χ1) is 11.3. The summed E-state index contributed by atoms with van der Waals surface area (Å²) in [6.45, 7) is 1.65. The Hall–Kier alpha value is -2.96. The Kier molecular flexibility index (Phi) is 5.47. The van der Waals surface area contributed by atoms with Gasteiger partial charge in [-0.05, 0) is 37.3 Å². The predicted octanol–water partition coefficient (Wildman–Crippen LogP) is 4.16. The lowest BCUT2D eigenvalue weighted by Gasteiger charge is -2.11. The molecule has 0 atom stereocenters. The maximum Gasteiger partial charge on any atom is 0.416 e. The number of halogens is 3. The first-order valence-corrected chi connectivity index (χ1v) is 7.08. The number of anilines is 2. The van der Waals surface area contributed by atoms with Crippen LogP contribution in [0.1, 0.15) is 12.5 Å². The van der Waals surface area contributed by atoms with Crippen LogP contribution in [0.15, 0.2) is 66.4 Å². The van der Waals surface area contributed by atoms with E-state index in [-0.39, 0.29) is 5.69 Å². The molecule has 0 saturated heterocycles. The molecule has 0 heterocycles. The van der Waals surface area contributed by atoms with Gasteiger partial charge >= 0.3 is 6.18 Å². The Bertz CT molecular complexity index is 727. The lowest BCUT2D eigenvalue weighted by atomic mass is 10.2. The van der Waals surface area contributed by atoms with Crippen LogP contribution in [0.3, 0.4) is 0 Å². The molecule has 0 unspecified atom stereocenters. The fraction of sp³-hybridized carbons (Fsp3) is 0.118. The van der Waals surface area contributed by atoms with E-state index in [4.69, 9.17) is 0 Å². The highest BCUT2D eigenvalue weighted by atomic mass is 19.4. The van der Waals surface area contributed by atoms with E-state index in [1.807, 2.05) is 30.3 Å². The van der Waals surface area contributed by atoms with Gasteiger partial charge in [0.25, 0.3) is 0 Å². The van der Waals surface area contributed by atoms with Crippen molar-refractivity contribution in [1.82, 2.24) is 5.43 Å². The van der Waals surface area contributed by atoms with Crippen molar-refractivity contribution in [3.63, 3.8) is 0 Å². The molecule has 0 aliphatic rings. The molecular weight excluding hydrogens is 319 g/mol. The summed E-state index contributed by atoms with van der Waals surface area (Å²) in [6.07, 6.45) is -3.20. The molecule has 2 rings (SSSR count). The molecule has 0 bridgehead atoms. The van der Waals surface area contributed by atoms with E-state index in [1.165, 1.54) is 18.2 Å². The first-order valence-electron chi connectivity index (χ1n) is 7.08. The number of carbonyl (C=O) groups excluding carboxylic acids is 1. The predicted molar refractivity (Wildman–Crippen MR) is 87.0 cm³/mol. The van der Waals surface area contributed by atoms with E-state index in [0.717, 1.165) is 17.8 Å². The third kappa shape index (κ3) is 5.35. The highest BCUT2D eigenvalue weighted by Crippen LogP contribution is 2.30. The second-order valence-electron chi connectivity index (χ2n) is 5.01. The molecule has 0 fully saturated rings. The molecule has 0 aromatic heterocycles. The van der Waals surface area contributed by atoms with Gasteiger partial charge in [-0.25, -0.2) is 0 Å². The van der Waals surface area contributed by atoms with E-state index in [9.17, 15) is 18.0 Å². The number of allylic oxidation sites excluding steroid dienone is 1. The average Bonchev–Trinajstić information content (AvgIpc) is 2.53. The Morgan fingerprint density at radius 1 is 1.00 bits per heavy atom. The molecule has 0 radical (unpaired) electrons. The summed E-state index contributed by atoms with van der Waals surface area (Å²) in [6, 6.07) is 13.7. The normalized spacial score (nSPS) is 11.8. The van der Waals surface area contributed by atoms with Crippen LogP contribution >= 0.6 is 0 Å². The molecule has 1 amide bonds. The Morgan fingerprint density at radius 3 is 2.33 bits per heavy atom. The van der Waals surface area contributed by atoms with Crippen LogP contribution < -0.4 is 16.2 Å². The zero-order valence-electron chi connectivity index (χ0n) is 12.8. The van der Waals surface area contributed by atoms with Crippen molar-refractivity contribution in [3.05, 3.63) is 71.9 Å². The number of hydrogen-bond donors (Lipinski definition) is 3. The summed E-state index contributed by atoms with van der Waals surface area (Å²) in [4.78, 5) is 11.9. The molecule has 0 aliphatic heterocycles. The number of benzene rings is 2. The van der Waals surface area contributed by atoms with Crippen LogP contribution in [0, 0.1) is 0 Å². The van der Waals surface area contributed by atoms with Crippen molar-refractivity contribution < 1.29 is 18.0 Å². The van der Waals surface area contributed by atoms with Crippen molar-refractivity contribution in [2.24, 2.45) is 0 Å². The minimum absolute atomic E-state index is 0.0786. The summed E-state index contributed by atoms with van der Waals surface area (Å²) in [5.41, 5.74) is 6.29. The smallest absolute Gasteiger partial charge is 0.322 e. The number of nitrogens with one attached hydrogen (secondary N) is 3. The highest BCUT2D eigenvalue weighted by molar-refractivity contribution is 5.99. The second kappa shape index (κ2) is 7.54. The monoisotopic (exact) mass is 335 g/mol. The fourth-order valence-corrected chi connectivity index (χ4v) is 1.88. The Labute approximate surface area is 137 Å². The van der Waals surface area contributed by atoms with E-state index in [0.29, 0.717) is 5.70 Å². The lowest BCUT2D eigenvalue weighted by Crippen LogP contribution is -2.21. The maximum absolute atomic E-state index is 12.6. The highest BCUT2D eigenvalue weighted by Gasteiger charge is 2.30. The van der Waals surface area contributed by atoms with Crippen LogP contribution in [0.2, 0.25) is 0 Å². The standard InChI is InChI=1S/C17H16F3N3O/c1-12(22-23-14-7-3-2-4-8-14)10-16(24)21-15-9-5-6-13(11-15)17(18,19)20/h2-11,22-23H,1H3,(H,21,24)/b12-10-. The molecular formula is C17H16F3N3O. The van der Waals surface area contributed by atoms with Crippen molar-refractivity contribution >= 4 is 17.3 Å². The molecule has 24 heavy (non-hydrogen) atoms. The summed E-state index contributed by atoms with van der Waals surface area (Å²) >= 11 is 0. The van der Waals surface area contributed by atoms with Crippen molar-refractivity contribution in [2.45, 2.75) is 13.1 Å². The van der Waals surface area contributed by atoms with Crippen LogP contribution in [0.5, 0.6) is 0 Å². The van der Waals surface area contributed by atoms with Gasteiger partial charge in [0.05, 0.1) is 11.3 Å². The maximum atomic E-state index is 12.6. The van der Waals surface area contributed by atoms with Gasteiger partial charge in [-0.2, -0.15) is 13.2 Å². The zero-order chi connectivity index (χ0) is 17.6. The number of hydrogen-bond acceptors (Lipinski definition) is 3. The first kappa shape index (κ1) is 17.4. The second-order valence-corrected chi connectivity index (χ2v) is 5.01. The Balaban J connectivity index is 1.94. The molecule has 0 aliphatic carbocycles. The van der Waals surface area contributed by atoms with Gasteiger partial charge in [0.2, 0.25) is 5.91 Å². The third-order valence-corrected chi connectivity index (χ3v) is 2.98. The topological polar surface area (TPSA) is 53.2 Å². The average molecular weight is 335 g/mol. The van der Waals surface area contributed by atoms with E-state index >= 15 is 0 Å². The summed E-state index contributed by atoms with van der Waals surface area (Å²) < 4.78 is 37.9. The number of amides is 1. The van der Waals surface area contributed by atoms with Crippen LogP contribution in [0.25, 0.3) is 0 Å². The SMILES string of the molecule is C/C(=C/C(=O)Nc1cccc(C(F)(F)F)c1)NNc1ccccc1. The van der Waals surface area contributed by atoms with Crippen molar-refractivity contribution in [2.75, 3.05) is 10.7 Å². The van der Waals surface area contributed by atoms with Gasteiger partial charge in [0.15, 0.2) is 0 Å². The third-order valence-electron chi connectivity index (χ3n) is 2.98. The molecule has 2 aromatic carbocycles. The van der Waals surface area contributed by atoms with Gasteiger partial charge in [0, 0.05) is 17.5 Å². The molecule has 0 saturated carbocycles. The van der Waals surface area contributed by atoms with Crippen LogP contribution in [-0.2, 0) is 11.0 Å². The summed E-state index contributed by atoms with van der Waals surface area (Å²) in [5.74, 6) is -0.533. The van der Waals surface area contributed by atoms with Crippen LogP contribution in [-0.4, -0.2) is 5.91 Å². The number of rotatable bonds is 5. The van der Waals surface area contributed by atoms with Gasteiger partial charge in [0.1, 0.15) is 0 Å². The number of para-hydroxylation sites is 1. The Morgan fingerprint density at radius 2 is 1.67 bits per heavy atom. The quantitative estimate of drug-likeness (QED) is 0.568.